The highest BCUT2D eigenvalue weighted by Gasteiger charge is 2.37. The molecule has 0 radical (unpaired) electrons. The van der Waals surface area contributed by atoms with Crippen LogP contribution in [-0.4, -0.2) is 37.1 Å². The summed E-state index contributed by atoms with van der Waals surface area (Å²) in [5, 5.41) is 0. The highest BCUT2D eigenvalue weighted by Crippen LogP contribution is 2.45. The van der Waals surface area contributed by atoms with Gasteiger partial charge in [0.25, 0.3) is 0 Å². The Kier molecular flexibility index (Phi) is 3.85. The molecule has 0 N–H and O–H groups in total. The Labute approximate surface area is 98.1 Å². The minimum atomic E-state index is -0.0649. The number of hydrogen-bond acceptors (Lipinski definition) is 3. The molecule has 16 heavy (non-hydrogen) atoms. The Hall–Kier alpha value is -0.570. The fraction of sp³-hybridized carbons (Fsp3) is 0.923. The molecule has 2 rings (SSSR count). The van der Waals surface area contributed by atoms with Crippen LogP contribution in [0.25, 0.3) is 0 Å². The third-order valence-electron chi connectivity index (χ3n) is 4.24. The lowest BCUT2D eigenvalue weighted by molar-refractivity contribution is -0.145. The third-order valence-corrected chi connectivity index (χ3v) is 4.24. The van der Waals surface area contributed by atoms with E-state index in [1.54, 1.807) is 0 Å². The molecule has 0 bridgehead atoms. The van der Waals surface area contributed by atoms with Gasteiger partial charge >= 0.3 is 5.97 Å². The highest BCUT2D eigenvalue weighted by molar-refractivity contribution is 5.71. The van der Waals surface area contributed by atoms with Crippen LogP contribution in [0.5, 0.6) is 0 Å². The number of rotatable bonds is 3. The van der Waals surface area contributed by atoms with Crippen LogP contribution in [0.4, 0.5) is 0 Å². The first-order valence-corrected chi connectivity index (χ1v) is 6.62. The zero-order chi connectivity index (χ0) is 11.4. The summed E-state index contributed by atoms with van der Waals surface area (Å²) in [6.45, 7) is 5.01. The van der Waals surface area contributed by atoms with Gasteiger partial charge in [0, 0.05) is 0 Å². The molecule has 0 unspecified atom stereocenters. The van der Waals surface area contributed by atoms with Crippen molar-refractivity contribution < 1.29 is 9.53 Å². The first-order valence-electron chi connectivity index (χ1n) is 6.62. The molecule has 0 amide bonds. The summed E-state index contributed by atoms with van der Waals surface area (Å²) >= 11 is 0. The van der Waals surface area contributed by atoms with Gasteiger partial charge in [0.05, 0.1) is 13.2 Å². The van der Waals surface area contributed by atoms with Gasteiger partial charge in [0.2, 0.25) is 0 Å². The van der Waals surface area contributed by atoms with Crippen molar-refractivity contribution in [3.05, 3.63) is 0 Å². The molecule has 3 nitrogen and oxygen atoms in total. The summed E-state index contributed by atoms with van der Waals surface area (Å²) in [6, 6.07) is 0. The lowest BCUT2D eigenvalue weighted by Crippen LogP contribution is -2.41. The van der Waals surface area contributed by atoms with Crippen LogP contribution in [0.15, 0.2) is 0 Å². The number of ether oxygens (including phenoxy) is 1. The van der Waals surface area contributed by atoms with Gasteiger partial charge in [0.1, 0.15) is 0 Å². The van der Waals surface area contributed by atoms with E-state index in [9.17, 15) is 4.79 Å². The molecule has 1 spiro atoms. The summed E-state index contributed by atoms with van der Waals surface area (Å²) in [7, 11) is 0. The summed E-state index contributed by atoms with van der Waals surface area (Å²) in [5.74, 6) is -0.0649. The lowest BCUT2D eigenvalue weighted by atomic mass is 9.77. The summed E-state index contributed by atoms with van der Waals surface area (Å²) in [6.07, 6.45) is 8.23. The fourth-order valence-corrected chi connectivity index (χ4v) is 3.20. The van der Waals surface area contributed by atoms with E-state index in [-0.39, 0.29) is 5.97 Å². The maximum absolute atomic E-state index is 11.4. The van der Waals surface area contributed by atoms with Gasteiger partial charge in [-0.25, -0.2) is 0 Å². The smallest absolute Gasteiger partial charge is 0.320 e. The van der Waals surface area contributed by atoms with Crippen molar-refractivity contribution in [2.45, 2.75) is 45.4 Å². The van der Waals surface area contributed by atoms with Crippen molar-refractivity contribution in [3.8, 4) is 0 Å². The monoisotopic (exact) mass is 225 g/mol. The maximum atomic E-state index is 11.4. The molecule has 0 aromatic rings. The lowest BCUT2D eigenvalue weighted by Gasteiger charge is -2.38. The molecule has 0 aromatic carbocycles. The third kappa shape index (κ3) is 2.76. The van der Waals surface area contributed by atoms with E-state index in [1.165, 1.54) is 38.5 Å². The summed E-state index contributed by atoms with van der Waals surface area (Å²) in [4.78, 5) is 13.6. The van der Waals surface area contributed by atoms with Gasteiger partial charge in [-0.15, -0.1) is 0 Å². The minimum absolute atomic E-state index is 0.0649. The van der Waals surface area contributed by atoms with Crippen molar-refractivity contribution in [2.24, 2.45) is 5.41 Å². The van der Waals surface area contributed by atoms with Crippen LogP contribution in [-0.2, 0) is 9.53 Å². The number of carbonyl (C=O) groups excluding carboxylic acids is 1. The van der Waals surface area contributed by atoms with E-state index in [0.717, 1.165) is 13.1 Å². The Morgan fingerprint density at radius 2 is 1.81 bits per heavy atom. The number of likely N-dealkylation sites (tertiary alicyclic amines) is 1. The van der Waals surface area contributed by atoms with Crippen molar-refractivity contribution in [1.82, 2.24) is 4.90 Å². The van der Waals surface area contributed by atoms with Crippen LogP contribution in [0, 0.1) is 5.41 Å². The van der Waals surface area contributed by atoms with Gasteiger partial charge in [-0.1, -0.05) is 12.8 Å². The van der Waals surface area contributed by atoms with Crippen molar-refractivity contribution in [2.75, 3.05) is 26.2 Å². The summed E-state index contributed by atoms with van der Waals surface area (Å²) in [5.41, 5.74) is 0.644. The van der Waals surface area contributed by atoms with Crippen molar-refractivity contribution in [1.29, 1.82) is 0 Å². The second-order valence-corrected chi connectivity index (χ2v) is 5.29. The average Bonchev–Trinajstić information content (AvgIpc) is 2.71. The predicted octanol–water partition coefficient (Wildman–Crippen LogP) is 2.21. The van der Waals surface area contributed by atoms with E-state index in [2.05, 4.69) is 4.90 Å². The van der Waals surface area contributed by atoms with Crippen molar-refractivity contribution >= 4 is 5.97 Å². The zero-order valence-corrected chi connectivity index (χ0v) is 10.3. The molecule has 1 aliphatic heterocycles. The fourth-order valence-electron chi connectivity index (χ4n) is 3.20. The SMILES string of the molecule is CCOC(=O)CN1CCC2(CCCC2)CC1. The average molecular weight is 225 g/mol. The minimum Gasteiger partial charge on any atom is -0.465 e. The van der Waals surface area contributed by atoms with E-state index >= 15 is 0 Å². The van der Waals surface area contributed by atoms with Crippen LogP contribution in [0.3, 0.4) is 0 Å². The Morgan fingerprint density at radius 3 is 2.38 bits per heavy atom. The Morgan fingerprint density at radius 1 is 1.19 bits per heavy atom. The van der Waals surface area contributed by atoms with Gasteiger partial charge in [-0.05, 0) is 51.1 Å². The normalized spacial score (nSPS) is 24.8. The molecule has 1 saturated heterocycles. The zero-order valence-electron chi connectivity index (χ0n) is 10.3. The standard InChI is InChI=1S/C13H23NO2/c1-2-16-12(15)11-14-9-7-13(8-10-14)5-3-4-6-13/h2-11H2,1H3. The first-order chi connectivity index (χ1) is 7.74. The second kappa shape index (κ2) is 5.17. The summed E-state index contributed by atoms with van der Waals surface area (Å²) < 4.78 is 4.98. The van der Waals surface area contributed by atoms with E-state index in [0.29, 0.717) is 18.6 Å². The van der Waals surface area contributed by atoms with E-state index < -0.39 is 0 Å². The molecular formula is C13H23NO2. The van der Waals surface area contributed by atoms with Gasteiger partial charge in [0.15, 0.2) is 0 Å². The molecule has 2 fully saturated rings. The number of piperidine rings is 1. The Balaban J connectivity index is 1.74. The molecule has 0 aromatic heterocycles. The largest absolute Gasteiger partial charge is 0.465 e. The van der Waals surface area contributed by atoms with Crippen LogP contribution < -0.4 is 0 Å². The maximum Gasteiger partial charge on any atom is 0.320 e. The van der Waals surface area contributed by atoms with Crippen LogP contribution in [0.1, 0.15) is 45.4 Å². The molecule has 1 aliphatic carbocycles. The number of esters is 1. The number of nitrogens with zero attached hydrogens (tertiary/aromatic N) is 1. The number of carbonyl (C=O) groups is 1. The molecule has 1 heterocycles. The van der Waals surface area contributed by atoms with E-state index in [1.807, 2.05) is 6.92 Å². The van der Waals surface area contributed by atoms with Gasteiger partial charge < -0.3 is 4.74 Å². The Bertz CT molecular complexity index is 236. The van der Waals surface area contributed by atoms with Crippen molar-refractivity contribution in [3.63, 3.8) is 0 Å². The molecular weight excluding hydrogens is 202 g/mol. The second-order valence-electron chi connectivity index (χ2n) is 5.29. The molecule has 3 heteroatoms. The quantitative estimate of drug-likeness (QED) is 0.690. The van der Waals surface area contributed by atoms with E-state index in [4.69, 9.17) is 4.74 Å². The highest BCUT2D eigenvalue weighted by atomic mass is 16.5. The topological polar surface area (TPSA) is 29.5 Å². The van der Waals surface area contributed by atoms with Crippen LogP contribution in [0.2, 0.25) is 0 Å². The van der Waals surface area contributed by atoms with Gasteiger partial charge in [-0.2, -0.15) is 0 Å². The first kappa shape index (κ1) is 11.9. The molecule has 2 aliphatic rings. The predicted molar refractivity (Wildman–Crippen MR) is 63.2 cm³/mol. The van der Waals surface area contributed by atoms with Crippen LogP contribution >= 0.6 is 0 Å². The molecule has 0 atom stereocenters. The molecule has 1 saturated carbocycles. The molecule has 92 valence electrons. The number of hydrogen-bond donors (Lipinski definition) is 0. The van der Waals surface area contributed by atoms with Gasteiger partial charge in [-0.3, -0.25) is 9.69 Å².